The number of amides is 2. The van der Waals surface area contributed by atoms with Crippen molar-refractivity contribution >= 4 is 23.2 Å². The smallest absolute Gasteiger partial charge is 0.273 e. The fourth-order valence-corrected chi connectivity index (χ4v) is 3.75. The zero-order valence-electron chi connectivity index (χ0n) is 13.1. The first-order valence-electron chi connectivity index (χ1n) is 7.47. The van der Waals surface area contributed by atoms with Gasteiger partial charge in [-0.05, 0) is 25.0 Å². The lowest BCUT2D eigenvalue weighted by Gasteiger charge is -2.22. The van der Waals surface area contributed by atoms with E-state index in [1.165, 1.54) is 16.2 Å². The van der Waals surface area contributed by atoms with Crippen molar-refractivity contribution in [2.24, 2.45) is 0 Å². The Kier molecular flexibility index (Phi) is 4.38. The van der Waals surface area contributed by atoms with Crippen LogP contribution in [0.5, 0.6) is 0 Å². The maximum absolute atomic E-state index is 12.6. The van der Waals surface area contributed by atoms with Crippen LogP contribution >= 0.6 is 11.3 Å². The molecule has 0 radical (unpaired) electrons. The lowest BCUT2D eigenvalue weighted by Crippen LogP contribution is -2.31. The standard InChI is InChI=1S/C16H18N4O2S/c1-19(2)16(22)13-10-18-14(23-13)12-7-5-9-20(12)15(21)11-6-3-4-8-17-11/h3-4,6,8,10,12H,5,7,9H2,1-2H3/t12-/m0/s1. The largest absolute Gasteiger partial charge is 0.344 e. The minimum Gasteiger partial charge on any atom is -0.344 e. The molecule has 0 saturated carbocycles. The van der Waals surface area contributed by atoms with Crippen molar-refractivity contribution in [2.75, 3.05) is 20.6 Å². The van der Waals surface area contributed by atoms with E-state index in [-0.39, 0.29) is 17.9 Å². The van der Waals surface area contributed by atoms with Crippen LogP contribution < -0.4 is 0 Å². The van der Waals surface area contributed by atoms with Crippen molar-refractivity contribution in [3.05, 3.63) is 46.2 Å². The van der Waals surface area contributed by atoms with Gasteiger partial charge in [-0.3, -0.25) is 14.6 Å². The van der Waals surface area contributed by atoms with Crippen LogP contribution in [0.2, 0.25) is 0 Å². The number of carbonyl (C=O) groups excluding carboxylic acids is 2. The van der Waals surface area contributed by atoms with Gasteiger partial charge in [-0.15, -0.1) is 11.3 Å². The van der Waals surface area contributed by atoms with Gasteiger partial charge in [0.15, 0.2) is 0 Å². The fourth-order valence-electron chi connectivity index (χ4n) is 2.66. The number of hydrogen-bond donors (Lipinski definition) is 0. The van der Waals surface area contributed by atoms with Gasteiger partial charge in [0.25, 0.3) is 11.8 Å². The van der Waals surface area contributed by atoms with Crippen molar-refractivity contribution < 1.29 is 9.59 Å². The van der Waals surface area contributed by atoms with Gasteiger partial charge in [0.2, 0.25) is 0 Å². The third-order valence-corrected chi connectivity index (χ3v) is 4.91. The minimum absolute atomic E-state index is 0.0608. The average Bonchev–Trinajstić information content (AvgIpc) is 3.23. The molecule has 3 rings (SSSR count). The number of likely N-dealkylation sites (tertiary alicyclic amines) is 1. The van der Waals surface area contributed by atoms with Gasteiger partial charge < -0.3 is 9.80 Å². The summed E-state index contributed by atoms with van der Waals surface area (Å²) in [5.74, 6) is -0.141. The molecule has 1 aliphatic rings. The van der Waals surface area contributed by atoms with Crippen LogP contribution in [0, 0.1) is 0 Å². The van der Waals surface area contributed by atoms with Crippen LogP contribution in [-0.2, 0) is 0 Å². The Hall–Kier alpha value is -2.28. The van der Waals surface area contributed by atoms with Crippen LogP contribution in [0.25, 0.3) is 0 Å². The molecule has 1 aliphatic heterocycles. The summed E-state index contributed by atoms with van der Waals surface area (Å²) in [6.45, 7) is 0.691. The highest BCUT2D eigenvalue weighted by Gasteiger charge is 2.33. The Balaban J connectivity index is 1.82. The Bertz CT molecular complexity index is 714. The summed E-state index contributed by atoms with van der Waals surface area (Å²) in [6.07, 6.45) is 5.01. The van der Waals surface area contributed by atoms with E-state index in [4.69, 9.17) is 0 Å². The van der Waals surface area contributed by atoms with E-state index >= 15 is 0 Å². The molecule has 120 valence electrons. The van der Waals surface area contributed by atoms with Gasteiger partial charge in [0, 0.05) is 26.8 Å². The van der Waals surface area contributed by atoms with Gasteiger partial charge in [-0.2, -0.15) is 0 Å². The highest BCUT2D eigenvalue weighted by molar-refractivity contribution is 7.13. The van der Waals surface area contributed by atoms with Gasteiger partial charge in [0.05, 0.1) is 12.2 Å². The number of nitrogens with zero attached hydrogens (tertiary/aromatic N) is 4. The molecule has 2 aromatic heterocycles. The molecule has 6 nitrogen and oxygen atoms in total. The van der Waals surface area contributed by atoms with Crippen molar-refractivity contribution in [1.82, 2.24) is 19.8 Å². The SMILES string of the molecule is CN(C)C(=O)c1cnc([C@@H]2CCCN2C(=O)c2ccccn2)s1. The normalized spacial score (nSPS) is 17.3. The first kappa shape index (κ1) is 15.6. The van der Waals surface area contributed by atoms with E-state index in [9.17, 15) is 9.59 Å². The number of hydrogen-bond acceptors (Lipinski definition) is 5. The van der Waals surface area contributed by atoms with Gasteiger partial charge in [0.1, 0.15) is 15.6 Å². The molecule has 1 fully saturated rings. The second-order valence-corrected chi connectivity index (χ2v) is 6.70. The zero-order valence-corrected chi connectivity index (χ0v) is 13.9. The first-order valence-corrected chi connectivity index (χ1v) is 8.29. The molecule has 0 aliphatic carbocycles. The molecule has 7 heteroatoms. The van der Waals surface area contributed by atoms with E-state index < -0.39 is 0 Å². The molecule has 3 heterocycles. The maximum Gasteiger partial charge on any atom is 0.273 e. The maximum atomic E-state index is 12.6. The Morgan fingerprint density at radius 2 is 2.13 bits per heavy atom. The van der Waals surface area contributed by atoms with Crippen molar-refractivity contribution in [2.45, 2.75) is 18.9 Å². The Morgan fingerprint density at radius 3 is 2.83 bits per heavy atom. The third kappa shape index (κ3) is 3.10. The molecule has 2 amide bonds. The first-order chi connectivity index (χ1) is 11.1. The van der Waals surface area contributed by atoms with E-state index in [1.54, 1.807) is 38.6 Å². The number of pyridine rings is 1. The van der Waals surface area contributed by atoms with E-state index in [1.807, 2.05) is 11.0 Å². The van der Waals surface area contributed by atoms with Crippen molar-refractivity contribution in [3.8, 4) is 0 Å². The zero-order chi connectivity index (χ0) is 16.4. The second-order valence-electron chi connectivity index (χ2n) is 5.63. The molecule has 1 atom stereocenters. The number of rotatable bonds is 3. The fraction of sp³-hybridized carbons (Fsp3) is 0.375. The summed E-state index contributed by atoms with van der Waals surface area (Å²) in [6, 6.07) is 5.25. The van der Waals surface area contributed by atoms with Gasteiger partial charge in [-0.25, -0.2) is 4.98 Å². The summed E-state index contributed by atoms with van der Waals surface area (Å²) >= 11 is 1.37. The van der Waals surface area contributed by atoms with Gasteiger partial charge >= 0.3 is 0 Å². The lowest BCUT2D eigenvalue weighted by molar-refractivity contribution is 0.0729. The predicted molar refractivity (Wildman–Crippen MR) is 87.4 cm³/mol. The Morgan fingerprint density at radius 1 is 1.30 bits per heavy atom. The lowest BCUT2D eigenvalue weighted by atomic mass is 10.2. The molecule has 1 saturated heterocycles. The predicted octanol–water partition coefficient (Wildman–Crippen LogP) is 2.22. The molecular formula is C16H18N4O2S. The molecular weight excluding hydrogens is 312 g/mol. The summed E-state index contributed by atoms with van der Waals surface area (Å²) < 4.78 is 0. The number of thiazole rings is 1. The quantitative estimate of drug-likeness (QED) is 0.865. The van der Waals surface area contributed by atoms with Crippen LogP contribution in [0.1, 0.15) is 44.1 Å². The summed E-state index contributed by atoms with van der Waals surface area (Å²) in [4.78, 5) is 37.1. The minimum atomic E-state index is -0.0798. The number of carbonyl (C=O) groups is 2. The van der Waals surface area contributed by atoms with E-state index in [2.05, 4.69) is 9.97 Å². The van der Waals surface area contributed by atoms with Crippen LogP contribution in [0.3, 0.4) is 0 Å². The van der Waals surface area contributed by atoms with Gasteiger partial charge in [-0.1, -0.05) is 6.07 Å². The van der Waals surface area contributed by atoms with Crippen molar-refractivity contribution in [1.29, 1.82) is 0 Å². The molecule has 2 aromatic rings. The second kappa shape index (κ2) is 6.45. The summed E-state index contributed by atoms with van der Waals surface area (Å²) in [7, 11) is 3.43. The van der Waals surface area contributed by atoms with E-state index in [0.29, 0.717) is 17.1 Å². The topological polar surface area (TPSA) is 66.4 Å². The Labute approximate surface area is 138 Å². The summed E-state index contributed by atoms with van der Waals surface area (Å²) in [5, 5.41) is 0.817. The van der Waals surface area contributed by atoms with Crippen LogP contribution in [0.15, 0.2) is 30.6 Å². The van der Waals surface area contributed by atoms with Crippen LogP contribution in [0.4, 0.5) is 0 Å². The van der Waals surface area contributed by atoms with E-state index in [0.717, 1.165) is 17.8 Å². The average molecular weight is 330 g/mol. The highest BCUT2D eigenvalue weighted by Crippen LogP contribution is 2.35. The highest BCUT2D eigenvalue weighted by atomic mass is 32.1. The molecule has 23 heavy (non-hydrogen) atoms. The third-order valence-electron chi connectivity index (χ3n) is 3.82. The molecule has 0 N–H and O–H groups in total. The number of aromatic nitrogens is 2. The van der Waals surface area contributed by atoms with Crippen LogP contribution in [-0.4, -0.2) is 52.2 Å². The molecule has 0 bridgehead atoms. The molecule has 0 unspecified atom stereocenters. The molecule has 0 spiro atoms. The monoisotopic (exact) mass is 330 g/mol. The van der Waals surface area contributed by atoms with Crippen molar-refractivity contribution in [3.63, 3.8) is 0 Å². The summed E-state index contributed by atoms with van der Waals surface area (Å²) in [5.41, 5.74) is 0.445. The molecule has 0 aromatic carbocycles.